The maximum Gasteiger partial charge on any atom is 0.339 e. The maximum absolute atomic E-state index is 13.0. The highest BCUT2D eigenvalue weighted by atomic mass is 31.2. The number of benzene rings is 1. The third kappa shape index (κ3) is 2.78. The Morgan fingerprint density at radius 1 is 1.35 bits per heavy atom. The number of fused-ring (bicyclic) bond motifs is 2. The van der Waals surface area contributed by atoms with E-state index in [1.807, 2.05) is 19.2 Å². The van der Waals surface area contributed by atoms with E-state index in [2.05, 4.69) is 0 Å². The molecule has 124 valence electrons. The molecule has 1 saturated heterocycles. The molecule has 3 rings (SSSR count). The molecule has 2 bridgehead atoms. The third-order valence-electron chi connectivity index (χ3n) is 5.37. The number of nitrogens with zero attached hydrogens (tertiary/aromatic N) is 1. The van der Waals surface area contributed by atoms with E-state index in [-0.39, 0.29) is 24.3 Å². The Morgan fingerprint density at radius 2 is 2.04 bits per heavy atom. The van der Waals surface area contributed by atoms with Crippen molar-refractivity contribution in [2.45, 2.75) is 31.3 Å². The Balaban J connectivity index is 1.92. The molecule has 2 heterocycles. The average Bonchev–Trinajstić information content (AvgIpc) is 2.73. The normalized spacial score (nSPS) is 32.0. The van der Waals surface area contributed by atoms with Gasteiger partial charge in [-0.1, -0.05) is 24.3 Å². The van der Waals surface area contributed by atoms with Gasteiger partial charge in [-0.15, -0.1) is 0 Å². The van der Waals surface area contributed by atoms with Crippen LogP contribution in [-0.4, -0.2) is 47.9 Å². The zero-order valence-electron chi connectivity index (χ0n) is 13.5. The summed E-state index contributed by atoms with van der Waals surface area (Å²) in [6.07, 6.45) is 4.69. The van der Waals surface area contributed by atoms with Gasteiger partial charge in [0.2, 0.25) is 0 Å². The lowest BCUT2D eigenvalue weighted by Crippen LogP contribution is -2.57. The number of rotatable bonds is 4. The summed E-state index contributed by atoms with van der Waals surface area (Å²) in [6.45, 7) is 0. The van der Waals surface area contributed by atoms with Crippen LogP contribution in [0.5, 0.6) is 0 Å². The SMILES string of the molecule is COC(=O)C1=CC[C@@H]2CC[C@H]1[N+]2(C)CP(=O)(O)c1ccccc1. The largest absolute Gasteiger partial charge is 0.465 e. The van der Waals surface area contributed by atoms with Gasteiger partial charge in [-0.25, -0.2) is 4.79 Å². The summed E-state index contributed by atoms with van der Waals surface area (Å²) in [5.41, 5.74) is 0.664. The van der Waals surface area contributed by atoms with E-state index in [4.69, 9.17) is 4.74 Å². The topological polar surface area (TPSA) is 63.6 Å². The van der Waals surface area contributed by atoms with Crippen LogP contribution in [0.15, 0.2) is 42.0 Å². The first kappa shape index (κ1) is 16.4. The number of quaternary nitrogens is 1. The van der Waals surface area contributed by atoms with Gasteiger partial charge in [0.15, 0.2) is 6.29 Å². The van der Waals surface area contributed by atoms with E-state index in [0.29, 0.717) is 15.4 Å². The van der Waals surface area contributed by atoms with Crippen molar-refractivity contribution in [2.75, 3.05) is 20.4 Å². The highest BCUT2D eigenvalue weighted by Crippen LogP contribution is 2.50. The summed E-state index contributed by atoms with van der Waals surface area (Å²) in [4.78, 5) is 22.7. The van der Waals surface area contributed by atoms with Gasteiger partial charge >= 0.3 is 5.97 Å². The van der Waals surface area contributed by atoms with Gasteiger partial charge in [-0.2, -0.15) is 0 Å². The first-order valence-corrected chi connectivity index (χ1v) is 9.73. The summed E-state index contributed by atoms with van der Waals surface area (Å²) >= 11 is 0. The van der Waals surface area contributed by atoms with Crippen LogP contribution in [0.4, 0.5) is 0 Å². The number of carbonyl (C=O) groups is 1. The number of hydrogen-bond acceptors (Lipinski definition) is 3. The van der Waals surface area contributed by atoms with Crippen LogP contribution in [-0.2, 0) is 14.1 Å². The smallest absolute Gasteiger partial charge is 0.339 e. The number of likely N-dealkylation sites (N-methyl/N-ethyl adjacent to an activating group) is 1. The molecule has 23 heavy (non-hydrogen) atoms. The quantitative estimate of drug-likeness (QED) is 0.519. The fourth-order valence-corrected chi connectivity index (χ4v) is 6.19. The van der Waals surface area contributed by atoms with Crippen LogP contribution in [0.1, 0.15) is 19.3 Å². The molecule has 0 aliphatic carbocycles. The van der Waals surface area contributed by atoms with Gasteiger partial charge in [0, 0.05) is 24.6 Å². The molecule has 2 aliphatic heterocycles. The van der Waals surface area contributed by atoms with Gasteiger partial charge in [0.1, 0.15) is 6.04 Å². The molecule has 4 atom stereocenters. The number of carbonyl (C=O) groups excluding carboxylic acids is 1. The lowest BCUT2D eigenvalue weighted by Gasteiger charge is -2.44. The van der Waals surface area contributed by atoms with Crippen LogP contribution >= 0.6 is 7.37 Å². The van der Waals surface area contributed by atoms with E-state index < -0.39 is 7.37 Å². The zero-order chi connectivity index (χ0) is 16.7. The van der Waals surface area contributed by atoms with E-state index in [1.54, 1.807) is 24.3 Å². The van der Waals surface area contributed by atoms with Crippen molar-refractivity contribution in [3.63, 3.8) is 0 Å². The number of esters is 1. The van der Waals surface area contributed by atoms with Crippen molar-refractivity contribution < 1.29 is 23.5 Å². The van der Waals surface area contributed by atoms with E-state index >= 15 is 0 Å². The van der Waals surface area contributed by atoms with Crippen molar-refractivity contribution >= 4 is 18.6 Å². The molecular weight excluding hydrogens is 313 g/mol. The first-order chi connectivity index (χ1) is 10.9. The average molecular weight is 336 g/mol. The molecule has 0 amide bonds. The van der Waals surface area contributed by atoms with Crippen LogP contribution in [0, 0.1) is 0 Å². The molecule has 0 aromatic heterocycles. The molecule has 2 aliphatic rings. The van der Waals surface area contributed by atoms with Gasteiger partial charge < -0.3 is 14.1 Å². The molecule has 2 unspecified atom stereocenters. The predicted molar refractivity (Wildman–Crippen MR) is 88.5 cm³/mol. The molecule has 0 spiro atoms. The van der Waals surface area contributed by atoms with Crippen molar-refractivity contribution in [1.29, 1.82) is 0 Å². The fourth-order valence-electron chi connectivity index (χ4n) is 4.13. The van der Waals surface area contributed by atoms with E-state index in [0.717, 1.165) is 19.3 Å². The van der Waals surface area contributed by atoms with Gasteiger partial charge in [-0.3, -0.25) is 4.57 Å². The minimum Gasteiger partial charge on any atom is -0.465 e. The molecule has 0 saturated carbocycles. The summed E-state index contributed by atoms with van der Waals surface area (Å²) in [7, 11) is -0.0974. The summed E-state index contributed by atoms with van der Waals surface area (Å²) in [5.74, 6) is -0.313. The Morgan fingerprint density at radius 3 is 2.70 bits per heavy atom. The van der Waals surface area contributed by atoms with E-state index in [9.17, 15) is 14.3 Å². The van der Waals surface area contributed by atoms with Gasteiger partial charge in [0.25, 0.3) is 7.37 Å². The molecule has 1 N–H and O–H groups in total. The van der Waals surface area contributed by atoms with Crippen LogP contribution in [0.25, 0.3) is 0 Å². The van der Waals surface area contributed by atoms with Crippen LogP contribution in [0.3, 0.4) is 0 Å². The van der Waals surface area contributed by atoms with E-state index in [1.165, 1.54) is 7.11 Å². The van der Waals surface area contributed by atoms with Crippen molar-refractivity contribution in [3.05, 3.63) is 42.0 Å². The number of hydrogen-bond donors (Lipinski definition) is 1. The fraction of sp³-hybridized carbons (Fsp3) is 0.471. The molecule has 0 radical (unpaired) electrons. The minimum absolute atomic E-state index is 0.0506. The number of methoxy groups -OCH3 is 1. The maximum atomic E-state index is 13.0. The molecule has 6 heteroatoms. The lowest BCUT2D eigenvalue weighted by molar-refractivity contribution is -0.929. The highest BCUT2D eigenvalue weighted by Gasteiger charge is 2.54. The van der Waals surface area contributed by atoms with Crippen LogP contribution < -0.4 is 5.30 Å². The predicted octanol–water partition coefficient (Wildman–Crippen LogP) is 2.02. The minimum atomic E-state index is -3.49. The third-order valence-corrected chi connectivity index (χ3v) is 7.46. The highest BCUT2D eigenvalue weighted by molar-refractivity contribution is 7.65. The number of ether oxygens (including phenoxy) is 1. The molecular formula is C17H23NO4P+. The Kier molecular flexibility index (Phi) is 4.21. The van der Waals surface area contributed by atoms with Gasteiger partial charge in [-0.05, 0) is 12.1 Å². The van der Waals surface area contributed by atoms with Crippen molar-refractivity contribution in [3.8, 4) is 0 Å². The van der Waals surface area contributed by atoms with Crippen molar-refractivity contribution in [1.82, 2.24) is 0 Å². The monoisotopic (exact) mass is 336 g/mol. The van der Waals surface area contributed by atoms with Gasteiger partial charge in [0.05, 0.1) is 25.8 Å². The zero-order valence-corrected chi connectivity index (χ0v) is 14.4. The molecule has 1 fully saturated rings. The second-order valence-electron chi connectivity index (χ2n) is 6.66. The second-order valence-corrected chi connectivity index (χ2v) is 8.86. The Bertz CT molecular complexity index is 687. The summed E-state index contributed by atoms with van der Waals surface area (Å²) in [6, 6.07) is 9.04. The standard InChI is InChI=1S/C17H22NO4P/c1-18(12-23(20,21)14-6-4-3-5-7-14)13-8-10-15(17(19)22-2)16(18)11-9-13/h3-7,10,13,16H,8-9,11-12H2,1-2H3/p+1/t13-,16-,18?/m1/s1. The first-order valence-electron chi connectivity index (χ1n) is 7.89. The second kappa shape index (κ2) is 5.90. The summed E-state index contributed by atoms with van der Waals surface area (Å²) < 4.78 is 18.3. The molecule has 5 nitrogen and oxygen atoms in total. The molecule has 1 aromatic rings. The lowest BCUT2D eigenvalue weighted by atomic mass is 9.99. The van der Waals surface area contributed by atoms with Crippen molar-refractivity contribution in [2.24, 2.45) is 0 Å². The Labute approximate surface area is 136 Å². The van der Waals surface area contributed by atoms with Crippen LogP contribution in [0.2, 0.25) is 0 Å². The summed E-state index contributed by atoms with van der Waals surface area (Å²) in [5, 5.41) is 0.480. The Hall–Kier alpha value is -1.42. The molecule has 1 aromatic carbocycles.